The predicted molar refractivity (Wildman–Crippen MR) is 204 cm³/mol. The fourth-order valence-corrected chi connectivity index (χ4v) is 7.87. The average Bonchev–Trinajstić information content (AvgIpc) is 3.11. The van der Waals surface area contributed by atoms with Crippen molar-refractivity contribution in [1.82, 2.24) is 0 Å². The van der Waals surface area contributed by atoms with Gasteiger partial charge in [-0.3, -0.25) is 0 Å². The van der Waals surface area contributed by atoms with E-state index in [-0.39, 0.29) is 5.41 Å². The van der Waals surface area contributed by atoms with Gasteiger partial charge in [0, 0.05) is 6.42 Å². The Balaban J connectivity index is 1.62. The molecule has 223 valence electrons. The molecule has 0 heterocycles. The summed E-state index contributed by atoms with van der Waals surface area (Å²) in [6.07, 6.45) is 4.99. The molecule has 0 atom stereocenters. The Morgan fingerprint density at radius 1 is 0.383 bits per heavy atom. The van der Waals surface area contributed by atoms with Crippen LogP contribution < -0.4 is 0 Å². The van der Waals surface area contributed by atoms with Crippen molar-refractivity contribution >= 4 is 49.2 Å². The lowest BCUT2D eigenvalue weighted by Gasteiger charge is -2.32. The van der Waals surface area contributed by atoms with Crippen LogP contribution in [0.15, 0.2) is 151 Å². The molecule has 47 heavy (non-hydrogen) atoms. The summed E-state index contributed by atoms with van der Waals surface area (Å²) in [4.78, 5) is 0. The van der Waals surface area contributed by atoms with Crippen LogP contribution in [0.3, 0.4) is 0 Å². The molecule has 0 saturated carbocycles. The highest BCUT2D eigenvalue weighted by Crippen LogP contribution is 2.54. The summed E-state index contributed by atoms with van der Waals surface area (Å²) < 4.78 is 0. The van der Waals surface area contributed by atoms with Crippen LogP contribution in [-0.4, -0.2) is 0 Å². The van der Waals surface area contributed by atoms with Crippen LogP contribution in [0, 0.1) is 11.8 Å². The summed E-state index contributed by atoms with van der Waals surface area (Å²) in [5.74, 6) is 0. The third-order valence-corrected chi connectivity index (χ3v) is 10.0. The van der Waals surface area contributed by atoms with Crippen LogP contribution in [0.4, 0.5) is 0 Å². The minimum Gasteiger partial charge on any atom is -0.0622 e. The summed E-state index contributed by atoms with van der Waals surface area (Å²) in [6, 6.07) is 53.5. The van der Waals surface area contributed by atoms with E-state index in [0.717, 1.165) is 0 Å². The number of hydrogen-bond acceptors (Lipinski definition) is 0. The van der Waals surface area contributed by atoms with E-state index in [2.05, 4.69) is 179 Å². The van der Waals surface area contributed by atoms with E-state index < -0.39 is 0 Å². The SMILES string of the molecule is CC(C)(C)C1=Cc2c(-c3ccccc3)c3ccccc3c3c2c(c(-c2ccccc2)c2cc(-c4ccccc4)c4ccccc4c23)[CH]1. The Morgan fingerprint density at radius 2 is 0.851 bits per heavy atom. The van der Waals surface area contributed by atoms with Crippen LogP contribution in [0.1, 0.15) is 31.9 Å². The number of hydrogen-bond donors (Lipinski definition) is 0. The number of benzene rings is 8. The van der Waals surface area contributed by atoms with Gasteiger partial charge >= 0.3 is 0 Å². The topological polar surface area (TPSA) is 0 Å². The van der Waals surface area contributed by atoms with Gasteiger partial charge in [-0.15, -0.1) is 0 Å². The lowest BCUT2D eigenvalue weighted by Crippen LogP contribution is -2.14. The standard InChI is InChI=1S/C47H35/c1-47(2,3)33-27-39-42(31-19-9-5-10-20-31)36-25-15-16-26-37(36)46-44-35-24-14-13-23-34(35)38(30-17-7-4-8-18-30)29-41(44)43(40(28-33)45(39)46)32-21-11-6-12-22-32/h4-29H,1-3H3. The van der Waals surface area contributed by atoms with Crippen molar-refractivity contribution in [1.29, 1.82) is 0 Å². The first kappa shape index (κ1) is 27.8. The summed E-state index contributed by atoms with van der Waals surface area (Å²) in [5, 5.41) is 10.5. The molecular weight excluding hydrogens is 565 g/mol. The van der Waals surface area contributed by atoms with E-state index in [0.29, 0.717) is 0 Å². The second-order valence-electron chi connectivity index (χ2n) is 13.9. The maximum absolute atomic E-state index is 2.50. The van der Waals surface area contributed by atoms with E-state index in [9.17, 15) is 0 Å². The summed E-state index contributed by atoms with van der Waals surface area (Å²) in [5.41, 5.74) is 11.6. The molecule has 1 aliphatic carbocycles. The van der Waals surface area contributed by atoms with E-state index in [1.165, 1.54) is 93.2 Å². The van der Waals surface area contributed by atoms with Gasteiger partial charge in [-0.1, -0.05) is 172 Å². The molecule has 0 aromatic heterocycles. The molecule has 0 unspecified atom stereocenters. The van der Waals surface area contributed by atoms with Crippen LogP contribution in [0.5, 0.6) is 0 Å². The van der Waals surface area contributed by atoms with Crippen molar-refractivity contribution < 1.29 is 0 Å². The van der Waals surface area contributed by atoms with Crippen molar-refractivity contribution in [3.63, 3.8) is 0 Å². The van der Waals surface area contributed by atoms with Gasteiger partial charge < -0.3 is 0 Å². The Bertz CT molecular complexity index is 2530. The molecule has 0 aliphatic heterocycles. The molecular formula is C47H35. The molecule has 8 aromatic rings. The van der Waals surface area contributed by atoms with E-state index in [1.807, 2.05) is 0 Å². The zero-order chi connectivity index (χ0) is 31.7. The molecule has 0 amide bonds. The number of rotatable bonds is 3. The molecule has 9 rings (SSSR count). The third-order valence-electron chi connectivity index (χ3n) is 10.0. The zero-order valence-corrected chi connectivity index (χ0v) is 27.0. The zero-order valence-electron chi connectivity index (χ0n) is 27.0. The van der Waals surface area contributed by atoms with Gasteiger partial charge in [0.25, 0.3) is 0 Å². The van der Waals surface area contributed by atoms with Crippen molar-refractivity contribution in [3.05, 3.63) is 169 Å². The first-order valence-electron chi connectivity index (χ1n) is 16.6. The number of allylic oxidation sites excluding steroid dienone is 1. The van der Waals surface area contributed by atoms with Crippen LogP contribution in [0.25, 0.3) is 82.5 Å². The Morgan fingerprint density at radius 3 is 1.43 bits per heavy atom. The summed E-state index contributed by atoms with van der Waals surface area (Å²) in [7, 11) is 0. The van der Waals surface area contributed by atoms with Crippen LogP contribution in [0.2, 0.25) is 0 Å². The van der Waals surface area contributed by atoms with Gasteiger partial charge in [0.15, 0.2) is 0 Å². The summed E-state index contributed by atoms with van der Waals surface area (Å²) in [6.45, 7) is 7.01. The first-order valence-corrected chi connectivity index (χ1v) is 16.6. The van der Waals surface area contributed by atoms with Crippen LogP contribution in [-0.2, 0) is 0 Å². The van der Waals surface area contributed by atoms with Gasteiger partial charge in [-0.05, 0) is 99.1 Å². The first-order chi connectivity index (χ1) is 23.0. The quantitative estimate of drug-likeness (QED) is 0.177. The van der Waals surface area contributed by atoms with E-state index in [4.69, 9.17) is 0 Å². The van der Waals surface area contributed by atoms with E-state index in [1.54, 1.807) is 0 Å². The normalized spacial score (nSPS) is 13.0. The highest BCUT2D eigenvalue weighted by atomic mass is 14.3. The lowest BCUT2D eigenvalue weighted by atomic mass is 9.71. The molecule has 0 saturated heterocycles. The van der Waals surface area contributed by atoms with Crippen molar-refractivity contribution in [2.24, 2.45) is 5.41 Å². The lowest BCUT2D eigenvalue weighted by molar-refractivity contribution is 0.514. The van der Waals surface area contributed by atoms with Crippen molar-refractivity contribution in [2.45, 2.75) is 20.8 Å². The second-order valence-corrected chi connectivity index (χ2v) is 13.9. The molecule has 0 bridgehead atoms. The molecule has 8 aromatic carbocycles. The van der Waals surface area contributed by atoms with Gasteiger partial charge in [0.1, 0.15) is 0 Å². The second kappa shape index (κ2) is 10.5. The van der Waals surface area contributed by atoms with Gasteiger partial charge in [-0.25, -0.2) is 0 Å². The minimum atomic E-state index is -0.0366. The predicted octanol–water partition coefficient (Wildman–Crippen LogP) is 13.3. The molecule has 1 radical (unpaired) electrons. The molecule has 0 spiro atoms. The van der Waals surface area contributed by atoms with Crippen LogP contribution >= 0.6 is 0 Å². The smallest absolute Gasteiger partial charge is 0.0176 e. The molecule has 0 fully saturated rings. The fourth-order valence-electron chi connectivity index (χ4n) is 7.87. The summed E-state index contributed by atoms with van der Waals surface area (Å²) >= 11 is 0. The van der Waals surface area contributed by atoms with E-state index >= 15 is 0 Å². The highest BCUT2D eigenvalue weighted by Gasteiger charge is 2.31. The largest absolute Gasteiger partial charge is 0.0622 e. The molecule has 0 nitrogen and oxygen atoms in total. The van der Waals surface area contributed by atoms with Gasteiger partial charge in [-0.2, -0.15) is 0 Å². The van der Waals surface area contributed by atoms with Crippen molar-refractivity contribution in [3.8, 4) is 33.4 Å². The Labute approximate surface area is 276 Å². The Kier molecular flexibility index (Phi) is 6.24. The van der Waals surface area contributed by atoms with Crippen molar-refractivity contribution in [2.75, 3.05) is 0 Å². The molecule has 1 aliphatic rings. The number of fused-ring (bicyclic) bond motifs is 6. The Hall–Kier alpha value is -5.46. The van der Waals surface area contributed by atoms with Gasteiger partial charge in [0.05, 0.1) is 0 Å². The maximum Gasteiger partial charge on any atom is 0.0176 e. The molecule has 0 heteroatoms. The molecule has 0 N–H and O–H groups in total. The van der Waals surface area contributed by atoms with Gasteiger partial charge in [0.2, 0.25) is 0 Å². The highest BCUT2D eigenvalue weighted by molar-refractivity contribution is 6.36. The minimum absolute atomic E-state index is 0.0366. The monoisotopic (exact) mass is 599 g/mol. The third kappa shape index (κ3) is 4.29. The fraction of sp³-hybridized carbons (Fsp3) is 0.0851. The average molecular weight is 600 g/mol. The maximum atomic E-state index is 2.50.